The number of hydrogen-bond donors (Lipinski definition) is 2. The average molecular weight is 229 g/mol. The normalized spacial score (nSPS) is 18.6. The first-order valence-electron chi connectivity index (χ1n) is 5.13. The first-order valence-corrected chi connectivity index (χ1v) is 5.51. The van der Waals surface area contributed by atoms with Gasteiger partial charge in [0.25, 0.3) is 0 Å². The number of hydrogen-bond acceptors (Lipinski definition) is 2. The molecule has 1 aliphatic rings. The van der Waals surface area contributed by atoms with Crippen molar-refractivity contribution in [2.45, 2.75) is 25.3 Å². The van der Waals surface area contributed by atoms with E-state index in [2.05, 4.69) is 5.43 Å². The molecule has 3 N–H and O–H groups in total. The van der Waals surface area contributed by atoms with E-state index in [-0.39, 0.29) is 16.9 Å². The predicted octanol–water partition coefficient (Wildman–Crippen LogP) is 2.78. The summed E-state index contributed by atoms with van der Waals surface area (Å²) in [5.74, 6) is 5.68. The van der Waals surface area contributed by atoms with E-state index in [0.717, 1.165) is 5.56 Å². The number of benzene rings is 1. The molecule has 0 bridgehead atoms. The molecule has 4 heteroatoms. The summed E-state index contributed by atoms with van der Waals surface area (Å²) < 4.78 is 13.0. The molecule has 0 heterocycles. The van der Waals surface area contributed by atoms with E-state index in [1.807, 2.05) is 0 Å². The minimum Gasteiger partial charge on any atom is -0.271 e. The van der Waals surface area contributed by atoms with E-state index >= 15 is 0 Å². The molecular weight excluding hydrogens is 215 g/mol. The van der Waals surface area contributed by atoms with E-state index in [1.54, 1.807) is 12.1 Å². The summed E-state index contributed by atoms with van der Waals surface area (Å²) in [4.78, 5) is 0. The molecule has 15 heavy (non-hydrogen) atoms. The van der Waals surface area contributed by atoms with Gasteiger partial charge in [-0.3, -0.25) is 11.3 Å². The van der Waals surface area contributed by atoms with Gasteiger partial charge in [0, 0.05) is 6.04 Å². The maximum absolute atomic E-state index is 13.0. The Hall–Kier alpha value is -0.640. The molecule has 0 aliphatic heterocycles. The maximum atomic E-state index is 13.0. The summed E-state index contributed by atoms with van der Waals surface area (Å²) in [7, 11) is 0. The fourth-order valence-corrected chi connectivity index (χ4v) is 2.17. The summed E-state index contributed by atoms with van der Waals surface area (Å²) in [6.07, 6.45) is 3.59. The highest BCUT2D eigenvalue weighted by molar-refractivity contribution is 6.30. The van der Waals surface area contributed by atoms with E-state index in [1.165, 1.54) is 25.3 Å². The lowest BCUT2D eigenvalue weighted by molar-refractivity contribution is 0.232. The number of nitrogens with one attached hydrogen (secondary N) is 1. The number of halogens is 2. The van der Waals surface area contributed by atoms with E-state index in [0.29, 0.717) is 5.92 Å². The monoisotopic (exact) mass is 228 g/mol. The van der Waals surface area contributed by atoms with Gasteiger partial charge in [0.2, 0.25) is 0 Å². The van der Waals surface area contributed by atoms with Crippen molar-refractivity contribution in [3.05, 3.63) is 34.6 Å². The van der Waals surface area contributed by atoms with Crippen LogP contribution in [0.25, 0.3) is 0 Å². The first kappa shape index (κ1) is 10.9. The van der Waals surface area contributed by atoms with Crippen molar-refractivity contribution >= 4 is 11.6 Å². The van der Waals surface area contributed by atoms with Crippen LogP contribution in [0.5, 0.6) is 0 Å². The molecule has 0 radical (unpaired) electrons. The van der Waals surface area contributed by atoms with Gasteiger partial charge >= 0.3 is 0 Å². The quantitative estimate of drug-likeness (QED) is 0.617. The van der Waals surface area contributed by atoms with Crippen LogP contribution < -0.4 is 11.3 Å². The third-order valence-electron chi connectivity index (χ3n) is 3.10. The lowest BCUT2D eigenvalue weighted by atomic mass is 9.77. The summed E-state index contributed by atoms with van der Waals surface area (Å²) in [6, 6.07) is 4.88. The Bertz CT molecular complexity index is 352. The molecule has 82 valence electrons. The molecule has 1 atom stereocenters. The van der Waals surface area contributed by atoms with E-state index in [9.17, 15) is 4.39 Å². The van der Waals surface area contributed by atoms with Crippen molar-refractivity contribution < 1.29 is 4.39 Å². The van der Waals surface area contributed by atoms with Crippen LogP contribution >= 0.6 is 11.6 Å². The fourth-order valence-electron chi connectivity index (χ4n) is 1.98. The molecule has 1 fully saturated rings. The highest BCUT2D eigenvalue weighted by atomic mass is 35.5. The first-order chi connectivity index (χ1) is 7.22. The second kappa shape index (κ2) is 4.47. The van der Waals surface area contributed by atoms with Crippen LogP contribution in [0.1, 0.15) is 30.9 Å². The zero-order chi connectivity index (χ0) is 10.8. The van der Waals surface area contributed by atoms with Crippen LogP contribution in [0.2, 0.25) is 5.02 Å². The standard InChI is InChI=1S/C11H14ClFN2/c12-9-6-8(4-5-10(9)13)11(15-14)7-2-1-3-7/h4-7,11,15H,1-3,14H2. The van der Waals surface area contributed by atoms with Crippen LogP contribution in [0.3, 0.4) is 0 Å². The van der Waals surface area contributed by atoms with Gasteiger partial charge in [0.15, 0.2) is 0 Å². The summed E-state index contributed by atoms with van der Waals surface area (Å²) >= 11 is 5.74. The average Bonchev–Trinajstić information content (AvgIpc) is 2.16. The summed E-state index contributed by atoms with van der Waals surface area (Å²) in [5.41, 5.74) is 3.75. The Morgan fingerprint density at radius 3 is 2.67 bits per heavy atom. The van der Waals surface area contributed by atoms with Crippen molar-refractivity contribution in [2.24, 2.45) is 11.8 Å². The van der Waals surface area contributed by atoms with Gasteiger partial charge < -0.3 is 0 Å². The molecule has 1 aromatic rings. The molecule has 1 aliphatic carbocycles. The molecule has 0 amide bonds. The van der Waals surface area contributed by atoms with Crippen molar-refractivity contribution in [2.75, 3.05) is 0 Å². The Labute approximate surface area is 93.6 Å². The summed E-state index contributed by atoms with van der Waals surface area (Å²) in [5, 5.41) is 0.159. The molecule has 0 spiro atoms. The van der Waals surface area contributed by atoms with Crippen LogP contribution in [-0.2, 0) is 0 Å². The van der Waals surface area contributed by atoms with Gasteiger partial charge in [0.1, 0.15) is 5.82 Å². The zero-order valence-electron chi connectivity index (χ0n) is 8.34. The van der Waals surface area contributed by atoms with Crippen molar-refractivity contribution in [3.63, 3.8) is 0 Å². The van der Waals surface area contributed by atoms with E-state index < -0.39 is 0 Å². The number of nitrogens with two attached hydrogens (primary N) is 1. The molecule has 1 unspecified atom stereocenters. The molecule has 0 aromatic heterocycles. The second-order valence-electron chi connectivity index (χ2n) is 4.01. The van der Waals surface area contributed by atoms with Crippen LogP contribution in [-0.4, -0.2) is 0 Å². The van der Waals surface area contributed by atoms with E-state index in [4.69, 9.17) is 17.4 Å². The Balaban J connectivity index is 2.21. The number of rotatable bonds is 3. The highest BCUT2D eigenvalue weighted by Gasteiger charge is 2.27. The van der Waals surface area contributed by atoms with Crippen molar-refractivity contribution in [3.8, 4) is 0 Å². The van der Waals surface area contributed by atoms with Gasteiger partial charge in [-0.2, -0.15) is 0 Å². The minimum absolute atomic E-state index is 0.0943. The lowest BCUT2D eigenvalue weighted by Crippen LogP contribution is -2.36. The molecule has 0 saturated heterocycles. The van der Waals surface area contributed by atoms with Crippen LogP contribution in [0.15, 0.2) is 18.2 Å². The smallest absolute Gasteiger partial charge is 0.141 e. The van der Waals surface area contributed by atoms with Gasteiger partial charge in [-0.05, 0) is 36.5 Å². The van der Waals surface area contributed by atoms with Gasteiger partial charge in [0.05, 0.1) is 5.02 Å². The Morgan fingerprint density at radius 2 is 2.20 bits per heavy atom. The van der Waals surface area contributed by atoms with Crippen LogP contribution in [0.4, 0.5) is 4.39 Å². The van der Waals surface area contributed by atoms with Crippen molar-refractivity contribution in [1.29, 1.82) is 0 Å². The third-order valence-corrected chi connectivity index (χ3v) is 3.39. The maximum Gasteiger partial charge on any atom is 0.141 e. The fraction of sp³-hybridized carbons (Fsp3) is 0.455. The molecule has 1 aromatic carbocycles. The second-order valence-corrected chi connectivity index (χ2v) is 4.42. The van der Waals surface area contributed by atoms with Gasteiger partial charge in [-0.1, -0.05) is 24.1 Å². The molecular formula is C11H14ClFN2. The third kappa shape index (κ3) is 2.14. The molecule has 1 saturated carbocycles. The summed E-state index contributed by atoms with van der Waals surface area (Å²) in [6.45, 7) is 0. The highest BCUT2D eigenvalue weighted by Crippen LogP contribution is 2.37. The molecule has 2 rings (SSSR count). The Morgan fingerprint density at radius 1 is 1.47 bits per heavy atom. The molecule has 2 nitrogen and oxygen atoms in total. The topological polar surface area (TPSA) is 38.0 Å². The lowest BCUT2D eigenvalue weighted by Gasteiger charge is -2.33. The zero-order valence-corrected chi connectivity index (χ0v) is 9.10. The number of hydrazine groups is 1. The van der Waals surface area contributed by atoms with Crippen LogP contribution in [0, 0.1) is 11.7 Å². The van der Waals surface area contributed by atoms with Gasteiger partial charge in [-0.15, -0.1) is 0 Å². The predicted molar refractivity (Wildman–Crippen MR) is 58.8 cm³/mol. The largest absolute Gasteiger partial charge is 0.271 e. The SMILES string of the molecule is NNC(c1ccc(F)c(Cl)c1)C1CCC1. The minimum atomic E-state index is -0.384. The van der Waals surface area contributed by atoms with Crippen molar-refractivity contribution in [1.82, 2.24) is 5.43 Å². The van der Waals surface area contributed by atoms with Gasteiger partial charge in [-0.25, -0.2) is 4.39 Å². The Kier molecular flexibility index (Phi) is 3.24.